The van der Waals surface area contributed by atoms with Gasteiger partial charge in [0.05, 0.1) is 6.42 Å². The summed E-state index contributed by atoms with van der Waals surface area (Å²) in [5.41, 5.74) is 0.174. The number of carboxylic acid groups (broad SMARTS) is 1. The minimum absolute atomic E-state index is 0.165. The molecule has 3 heteroatoms. The molecule has 0 radical (unpaired) electrons. The number of ketones is 1. The topological polar surface area (TPSA) is 54.4 Å². The van der Waals surface area contributed by atoms with Crippen molar-refractivity contribution in [2.45, 2.75) is 20.3 Å². The Morgan fingerprint density at radius 1 is 1.45 bits per heavy atom. The van der Waals surface area contributed by atoms with E-state index in [0.717, 1.165) is 0 Å². The van der Waals surface area contributed by atoms with Crippen molar-refractivity contribution in [2.24, 2.45) is 5.92 Å². The number of Topliss-reactive ketones (excluding diaryl/α,β-unsaturated/α-hetero) is 1. The third kappa shape index (κ3) is 3.55. The molecule has 0 bridgehead atoms. The Bertz CT molecular complexity index is 192. The molecule has 0 aromatic rings. The second-order valence-electron chi connectivity index (χ2n) is 2.69. The van der Waals surface area contributed by atoms with Crippen molar-refractivity contribution in [3.63, 3.8) is 0 Å². The van der Waals surface area contributed by atoms with Gasteiger partial charge in [-0.15, -0.1) is 0 Å². The summed E-state index contributed by atoms with van der Waals surface area (Å²) in [6.07, 6.45) is -0.253. The van der Waals surface area contributed by atoms with E-state index < -0.39 is 5.97 Å². The molecule has 0 rings (SSSR count). The first kappa shape index (κ1) is 9.88. The molecule has 0 unspecified atom stereocenters. The van der Waals surface area contributed by atoms with E-state index in [0.29, 0.717) is 0 Å². The fraction of sp³-hybridized carbons (Fsp3) is 0.500. The summed E-state index contributed by atoms with van der Waals surface area (Å²) in [4.78, 5) is 21.1. The molecule has 0 atom stereocenters. The zero-order chi connectivity index (χ0) is 9.02. The van der Waals surface area contributed by atoms with Crippen molar-refractivity contribution >= 4 is 11.8 Å². The van der Waals surface area contributed by atoms with Crippen LogP contribution in [-0.2, 0) is 9.59 Å². The van der Waals surface area contributed by atoms with Gasteiger partial charge >= 0.3 is 5.97 Å². The number of rotatable bonds is 4. The smallest absolute Gasteiger partial charge is 0.307 e. The first-order valence-electron chi connectivity index (χ1n) is 3.39. The van der Waals surface area contributed by atoms with Crippen LogP contribution in [0.3, 0.4) is 0 Å². The van der Waals surface area contributed by atoms with Crippen molar-refractivity contribution in [1.29, 1.82) is 0 Å². The number of hydrogen-bond donors (Lipinski definition) is 1. The van der Waals surface area contributed by atoms with Gasteiger partial charge in [-0.05, 0) is 5.57 Å². The molecule has 0 amide bonds. The van der Waals surface area contributed by atoms with E-state index in [-0.39, 0.29) is 23.7 Å². The quantitative estimate of drug-likeness (QED) is 0.623. The Kier molecular flexibility index (Phi) is 3.51. The Balaban J connectivity index is 4.05. The third-order valence-electron chi connectivity index (χ3n) is 1.24. The molecule has 0 aliphatic rings. The van der Waals surface area contributed by atoms with Crippen LogP contribution in [-0.4, -0.2) is 16.9 Å². The van der Waals surface area contributed by atoms with Crippen LogP contribution >= 0.6 is 0 Å². The molecular formula is C8H12O3. The molecule has 0 aromatic carbocycles. The van der Waals surface area contributed by atoms with E-state index in [4.69, 9.17) is 5.11 Å². The summed E-state index contributed by atoms with van der Waals surface area (Å²) in [5, 5.41) is 8.30. The fourth-order valence-corrected chi connectivity index (χ4v) is 0.678. The number of carbonyl (C=O) groups is 2. The summed E-state index contributed by atoms with van der Waals surface area (Å²) in [7, 11) is 0. The molecule has 0 fully saturated rings. The SMILES string of the molecule is C=C(CC(=O)O)C(=O)C(C)C. The summed E-state index contributed by atoms with van der Waals surface area (Å²) in [6.45, 7) is 6.82. The van der Waals surface area contributed by atoms with Gasteiger partial charge in [0.2, 0.25) is 0 Å². The lowest BCUT2D eigenvalue weighted by molar-refractivity contribution is -0.137. The van der Waals surface area contributed by atoms with Gasteiger partial charge in [0.25, 0.3) is 0 Å². The normalized spacial score (nSPS) is 9.73. The zero-order valence-electron chi connectivity index (χ0n) is 6.76. The lowest BCUT2D eigenvalue weighted by atomic mass is 10.0. The van der Waals surface area contributed by atoms with Crippen molar-refractivity contribution < 1.29 is 14.7 Å². The van der Waals surface area contributed by atoms with Crippen molar-refractivity contribution in [1.82, 2.24) is 0 Å². The average Bonchev–Trinajstić information content (AvgIpc) is 1.84. The van der Waals surface area contributed by atoms with Crippen molar-refractivity contribution in [3.8, 4) is 0 Å². The van der Waals surface area contributed by atoms with Crippen LogP contribution < -0.4 is 0 Å². The highest BCUT2D eigenvalue weighted by Crippen LogP contribution is 2.07. The molecule has 3 nitrogen and oxygen atoms in total. The van der Waals surface area contributed by atoms with E-state index >= 15 is 0 Å². The highest BCUT2D eigenvalue weighted by atomic mass is 16.4. The number of carboxylic acids is 1. The molecule has 0 heterocycles. The number of carbonyl (C=O) groups excluding carboxylic acids is 1. The second-order valence-corrected chi connectivity index (χ2v) is 2.69. The molecule has 0 saturated heterocycles. The lowest BCUT2D eigenvalue weighted by Gasteiger charge is -2.03. The van der Waals surface area contributed by atoms with Crippen LogP contribution in [0.1, 0.15) is 20.3 Å². The monoisotopic (exact) mass is 156 g/mol. The minimum Gasteiger partial charge on any atom is -0.481 e. The molecule has 0 saturated carbocycles. The van der Waals surface area contributed by atoms with E-state index in [1.54, 1.807) is 13.8 Å². The molecule has 62 valence electrons. The van der Waals surface area contributed by atoms with Gasteiger partial charge in [0.15, 0.2) is 5.78 Å². The first-order valence-corrected chi connectivity index (χ1v) is 3.39. The zero-order valence-corrected chi connectivity index (χ0v) is 6.76. The van der Waals surface area contributed by atoms with Gasteiger partial charge in [0.1, 0.15) is 0 Å². The Morgan fingerprint density at radius 3 is 2.18 bits per heavy atom. The third-order valence-corrected chi connectivity index (χ3v) is 1.24. The van der Waals surface area contributed by atoms with Crippen LogP contribution in [0, 0.1) is 5.92 Å². The average molecular weight is 156 g/mol. The summed E-state index contributed by atoms with van der Waals surface area (Å²) in [6, 6.07) is 0. The Hall–Kier alpha value is -1.12. The minimum atomic E-state index is -1.01. The maximum Gasteiger partial charge on any atom is 0.307 e. The molecule has 0 aromatic heterocycles. The molecule has 0 aliphatic heterocycles. The molecule has 0 spiro atoms. The van der Waals surface area contributed by atoms with E-state index in [1.807, 2.05) is 0 Å². The number of aliphatic carboxylic acids is 1. The van der Waals surface area contributed by atoms with E-state index in [2.05, 4.69) is 6.58 Å². The van der Waals surface area contributed by atoms with Gasteiger partial charge in [0, 0.05) is 5.92 Å². The van der Waals surface area contributed by atoms with Gasteiger partial charge in [-0.1, -0.05) is 20.4 Å². The van der Waals surface area contributed by atoms with Gasteiger partial charge in [-0.25, -0.2) is 0 Å². The summed E-state index contributed by atoms with van der Waals surface area (Å²) in [5.74, 6) is -1.35. The summed E-state index contributed by atoms with van der Waals surface area (Å²) >= 11 is 0. The predicted molar refractivity (Wildman–Crippen MR) is 41.2 cm³/mol. The van der Waals surface area contributed by atoms with E-state index in [9.17, 15) is 9.59 Å². The van der Waals surface area contributed by atoms with Crippen molar-refractivity contribution in [3.05, 3.63) is 12.2 Å². The Labute approximate surface area is 65.7 Å². The first-order chi connectivity index (χ1) is 4.95. The van der Waals surface area contributed by atoms with Crippen molar-refractivity contribution in [2.75, 3.05) is 0 Å². The molecule has 0 aliphatic carbocycles. The van der Waals surface area contributed by atoms with Crippen LogP contribution in [0.5, 0.6) is 0 Å². The van der Waals surface area contributed by atoms with E-state index in [1.165, 1.54) is 0 Å². The fourth-order valence-electron chi connectivity index (χ4n) is 0.678. The predicted octanol–water partition coefficient (Wildman–Crippen LogP) is 1.24. The molecule has 11 heavy (non-hydrogen) atoms. The largest absolute Gasteiger partial charge is 0.481 e. The summed E-state index contributed by atoms with van der Waals surface area (Å²) < 4.78 is 0. The second kappa shape index (κ2) is 3.91. The Morgan fingerprint density at radius 2 is 1.91 bits per heavy atom. The maximum atomic E-state index is 11.0. The molecular weight excluding hydrogens is 144 g/mol. The maximum absolute atomic E-state index is 11.0. The van der Waals surface area contributed by atoms with Crippen LogP contribution in [0.4, 0.5) is 0 Å². The van der Waals surface area contributed by atoms with Gasteiger partial charge in [-0.3, -0.25) is 9.59 Å². The highest BCUT2D eigenvalue weighted by molar-refractivity contribution is 5.99. The van der Waals surface area contributed by atoms with Gasteiger partial charge < -0.3 is 5.11 Å². The highest BCUT2D eigenvalue weighted by Gasteiger charge is 2.13. The number of hydrogen-bond acceptors (Lipinski definition) is 2. The van der Waals surface area contributed by atoms with Crippen LogP contribution in [0.25, 0.3) is 0 Å². The molecule has 1 N–H and O–H groups in total. The van der Waals surface area contributed by atoms with Crippen LogP contribution in [0.15, 0.2) is 12.2 Å². The van der Waals surface area contributed by atoms with Crippen LogP contribution in [0.2, 0.25) is 0 Å². The van der Waals surface area contributed by atoms with Gasteiger partial charge in [-0.2, -0.15) is 0 Å². The standard InChI is InChI=1S/C8H12O3/c1-5(2)8(11)6(3)4-7(9)10/h5H,3-4H2,1-2H3,(H,9,10). The lowest BCUT2D eigenvalue weighted by Crippen LogP contribution is -2.12.